The van der Waals surface area contributed by atoms with Crippen LogP contribution in [0, 0.1) is 17.3 Å². The van der Waals surface area contributed by atoms with Gasteiger partial charge in [0.1, 0.15) is 6.04 Å². The van der Waals surface area contributed by atoms with E-state index in [2.05, 4.69) is 47.8 Å². The van der Waals surface area contributed by atoms with Gasteiger partial charge < -0.3 is 19.6 Å². The molecule has 2 bridgehead atoms. The summed E-state index contributed by atoms with van der Waals surface area (Å²) in [6.45, 7) is 18.6. The Labute approximate surface area is 262 Å². The molecular formula is C35H50N2O5S. The van der Waals surface area contributed by atoms with Crippen molar-refractivity contribution in [1.29, 1.82) is 0 Å². The summed E-state index contributed by atoms with van der Waals surface area (Å²) in [5.41, 5.74) is 0.186. The zero-order chi connectivity index (χ0) is 31.6. The normalized spacial score (nSPS) is 27.1. The number of ether oxygens (including phenoxy) is 1. The Morgan fingerprint density at radius 2 is 1.86 bits per heavy atom. The van der Waals surface area contributed by atoms with Crippen molar-refractivity contribution in [2.24, 2.45) is 17.3 Å². The summed E-state index contributed by atoms with van der Waals surface area (Å²) in [6.07, 6.45) is 8.21. The largest absolute Gasteiger partial charge is 0.465 e. The molecule has 7 nitrogen and oxygen atoms in total. The van der Waals surface area contributed by atoms with Crippen LogP contribution in [0.5, 0.6) is 0 Å². The lowest BCUT2D eigenvalue weighted by Gasteiger charge is -2.46. The van der Waals surface area contributed by atoms with Crippen molar-refractivity contribution in [3.63, 3.8) is 0 Å². The van der Waals surface area contributed by atoms with E-state index < -0.39 is 34.2 Å². The van der Waals surface area contributed by atoms with Crippen LogP contribution in [0.15, 0.2) is 55.6 Å². The average molecular weight is 611 g/mol. The van der Waals surface area contributed by atoms with Crippen molar-refractivity contribution in [2.75, 3.05) is 19.8 Å². The number of allylic oxidation sites excluding steroid dienone is 1. The molecule has 3 saturated heterocycles. The van der Waals surface area contributed by atoms with Gasteiger partial charge in [-0.05, 0) is 63.4 Å². The van der Waals surface area contributed by atoms with Gasteiger partial charge in [0.2, 0.25) is 11.8 Å². The predicted octanol–water partition coefficient (Wildman–Crippen LogP) is 5.94. The smallest absolute Gasteiger partial charge is 0.310 e. The summed E-state index contributed by atoms with van der Waals surface area (Å²) in [5, 5.41) is 10.7. The molecule has 8 heteroatoms. The zero-order valence-electron chi connectivity index (χ0n) is 26.6. The highest BCUT2D eigenvalue weighted by Gasteiger charge is 2.75. The van der Waals surface area contributed by atoms with E-state index in [1.807, 2.05) is 41.3 Å². The first kappa shape index (κ1) is 33.3. The molecule has 6 atom stereocenters. The van der Waals surface area contributed by atoms with Gasteiger partial charge in [0.25, 0.3) is 0 Å². The molecule has 3 aliphatic rings. The van der Waals surface area contributed by atoms with Gasteiger partial charge in [-0.15, -0.1) is 24.9 Å². The first-order chi connectivity index (χ1) is 20.3. The first-order valence-corrected chi connectivity index (χ1v) is 16.6. The molecule has 3 fully saturated rings. The van der Waals surface area contributed by atoms with E-state index in [1.165, 1.54) is 0 Å². The minimum atomic E-state index is -0.832. The van der Waals surface area contributed by atoms with Gasteiger partial charge in [-0.1, -0.05) is 63.3 Å². The van der Waals surface area contributed by atoms with Crippen molar-refractivity contribution in [3.8, 4) is 0 Å². The van der Waals surface area contributed by atoms with Crippen LogP contribution in [0.3, 0.4) is 0 Å². The summed E-state index contributed by atoms with van der Waals surface area (Å²) < 4.78 is 4.99. The minimum absolute atomic E-state index is 0.0477. The monoisotopic (exact) mass is 610 g/mol. The fourth-order valence-corrected chi connectivity index (χ4v) is 10.2. The molecule has 2 unspecified atom stereocenters. The van der Waals surface area contributed by atoms with Gasteiger partial charge in [0, 0.05) is 17.3 Å². The Kier molecular flexibility index (Phi) is 10.2. The van der Waals surface area contributed by atoms with Crippen LogP contribution in [0.1, 0.15) is 84.7 Å². The number of rotatable bonds is 14. The second-order valence-corrected chi connectivity index (χ2v) is 15.8. The molecule has 236 valence electrons. The number of unbranched alkanes of at least 4 members (excludes halogenated alkanes) is 2. The van der Waals surface area contributed by atoms with Crippen LogP contribution in [0.2, 0.25) is 0 Å². The number of hydrogen-bond donors (Lipinski definition) is 1. The number of esters is 1. The number of nitrogens with zero attached hydrogens (tertiary/aromatic N) is 2. The third-order valence-corrected chi connectivity index (χ3v) is 11.2. The van der Waals surface area contributed by atoms with Crippen molar-refractivity contribution in [2.45, 2.75) is 101 Å². The Morgan fingerprint density at radius 3 is 2.47 bits per heavy atom. The first-order valence-electron chi connectivity index (χ1n) is 15.7. The molecule has 0 saturated carbocycles. The summed E-state index contributed by atoms with van der Waals surface area (Å²) in [6, 6.07) is 7.85. The Balaban J connectivity index is 1.77. The number of amides is 2. The molecule has 2 amide bonds. The molecule has 0 radical (unpaired) electrons. The molecule has 43 heavy (non-hydrogen) atoms. The topological polar surface area (TPSA) is 87.2 Å². The van der Waals surface area contributed by atoms with Crippen molar-refractivity contribution in [1.82, 2.24) is 9.80 Å². The lowest BCUT2D eigenvalue weighted by atomic mass is 9.71. The number of thioether (sulfide) groups is 1. The van der Waals surface area contributed by atoms with E-state index in [0.29, 0.717) is 19.6 Å². The number of benzene rings is 1. The number of aliphatic hydroxyl groups is 1. The standard InChI is InChI=1S/C35H50N2O5S/c1-8-10-11-15-21-42-32(41)27-26-18-19-35(43-26)28(27)30(39)37(25(22-38)24-16-13-12-14-17-24)29(35)31(40)36(20-9-2)34(6,7)23-33(3,4)5/h8-9,12-14,16-17,25-29,38H,1-2,10-11,15,18-23H2,3-7H3/t25-,26+,27-,28+,29?,35?/m1/s1. The molecule has 0 aliphatic carbocycles. The van der Waals surface area contributed by atoms with Gasteiger partial charge in [-0.2, -0.15) is 0 Å². The number of aliphatic hydroxyl groups excluding tert-OH is 1. The van der Waals surface area contributed by atoms with E-state index in [9.17, 15) is 14.7 Å². The van der Waals surface area contributed by atoms with Crippen LogP contribution in [-0.4, -0.2) is 74.0 Å². The fraction of sp³-hybridized carbons (Fsp3) is 0.629. The molecular weight excluding hydrogens is 560 g/mol. The fourth-order valence-electron chi connectivity index (χ4n) is 7.97. The average Bonchev–Trinajstić information content (AvgIpc) is 3.58. The summed E-state index contributed by atoms with van der Waals surface area (Å²) in [4.78, 5) is 46.8. The summed E-state index contributed by atoms with van der Waals surface area (Å²) in [5.74, 6) is -2.03. The molecule has 1 N–H and O–H groups in total. The van der Waals surface area contributed by atoms with Crippen LogP contribution < -0.4 is 0 Å². The van der Waals surface area contributed by atoms with E-state index in [-0.39, 0.29) is 35.1 Å². The maximum atomic E-state index is 15.0. The Morgan fingerprint density at radius 1 is 1.16 bits per heavy atom. The predicted molar refractivity (Wildman–Crippen MR) is 172 cm³/mol. The zero-order valence-corrected chi connectivity index (χ0v) is 27.4. The van der Waals surface area contributed by atoms with Crippen molar-refractivity contribution < 1.29 is 24.2 Å². The number of likely N-dealkylation sites (tertiary alicyclic amines) is 1. The molecule has 3 heterocycles. The van der Waals surface area contributed by atoms with Crippen LogP contribution in [0.4, 0.5) is 0 Å². The minimum Gasteiger partial charge on any atom is -0.465 e. The van der Waals surface area contributed by atoms with Gasteiger partial charge >= 0.3 is 5.97 Å². The van der Waals surface area contributed by atoms with Gasteiger partial charge in [-0.3, -0.25) is 14.4 Å². The van der Waals surface area contributed by atoms with Crippen LogP contribution >= 0.6 is 11.8 Å². The quantitative estimate of drug-likeness (QED) is 0.159. The molecule has 4 rings (SSSR count). The highest BCUT2D eigenvalue weighted by molar-refractivity contribution is 8.02. The highest BCUT2D eigenvalue weighted by atomic mass is 32.2. The number of carbonyl (C=O) groups is 3. The second-order valence-electron chi connectivity index (χ2n) is 14.1. The van der Waals surface area contributed by atoms with Gasteiger partial charge in [0.15, 0.2) is 0 Å². The third-order valence-electron chi connectivity index (χ3n) is 9.26. The van der Waals surface area contributed by atoms with Crippen molar-refractivity contribution >= 4 is 29.5 Å². The summed E-state index contributed by atoms with van der Waals surface area (Å²) >= 11 is 1.63. The van der Waals surface area contributed by atoms with Crippen LogP contribution in [0.25, 0.3) is 0 Å². The number of carbonyl (C=O) groups excluding carboxylic acids is 3. The molecule has 1 spiro atoms. The molecule has 1 aromatic carbocycles. The van der Waals surface area contributed by atoms with Gasteiger partial charge in [0.05, 0.1) is 35.8 Å². The lowest BCUT2D eigenvalue weighted by Crippen LogP contribution is -2.60. The highest BCUT2D eigenvalue weighted by Crippen LogP contribution is 2.67. The van der Waals surface area contributed by atoms with E-state index >= 15 is 4.79 Å². The SMILES string of the molecule is C=CCCCCOC(=O)[C@@H]1[C@@H]2CCC3(S2)C(C(=O)N(CC=C)C(C)(C)CC(C)(C)C)N([C@H](CO)c2ccccc2)C(=O)[C@H]13. The Hall–Kier alpha value is -2.58. The number of hydrogen-bond acceptors (Lipinski definition) is 6. The molecule has 0 aromatic heterocycles. The Bertz CT molecular complexity index is 1190. The van der Waals surface area contributed by atoms with Crippen LogP contribution in [-0.2, 0) is 19.1 Å². The second kappa shape index (κ2) is 13.2. The van der Waals surface area contributed by atoms with Gasteiger partial charge in [-0.25, -0.2) is 0 Å². The van der Waals surface area contributed by atoms with E-state index in [4.69, 9.17) is 4.74 Å². The van der Waals surface area contributed by atoms with E-state index in [0.717, 1.165) is 37.7 Å². The van der Waals surface area contributed by atoms with E-state index in [1.54, 1.807) is 22.7 Å². The van der Waals surface area contributed by atoms with Crippen molar-refractivity contribution in [3.05, 3.63) is 61.2 Å². The molecule has 1 aromatic rings. The maximum Gasteiger partial charge on any atom is 0.310 e. The third kappa shape index (κ3) is 6.46. The summed E-state index contributed by atoms with van der Waals surface area (Å²) in [7, 11) is 0. The maximum absolute atomic E-state index is 15.0. The lowest BCUT2D eigenvalue weighted by molar-refractivity contribution is -0.154. The molecule has 3 aliphatic heterocycles. The number of fused-ring (bicyclic) bond motifs is 1.